The van der Waals surface area contributed by atoms with E-state index in [9.17, 15) is 23.1 Å². The van der Waals surface area contributed by atoms with E-state index in [1.807, 2.05) is 0 Å². The van der Waals surface area contributed by atoms with Gasteiger partial charge in [-0.2, -0.15) is 13.2 Å². The van der Waals surface area contributed by atoms with Gasteiger partial charge in [0.2, 0.25) is 0 Å². The Bertz CT molecular complexity index is 931. The molecule has 0 atom stereocenters. The van der Waals surface area contributed by atoms with Crippen LogP contribution in [0.25, 0.3) is 10.9 Å². The summed E-state index contributed by atoms with van der Waals surface area (Å²) in [5.41, 5.74) is 0.576. The van der Waals surface area contributed by atoms with Crippen LogP contribution in [-0.4, -0.2) is 15.6 Å². The van der Waals surface area contributed by atoms with Crippen LogP contribution in [0.2, 0.25) is 5.02 Å². The van der Waals surface area contributed by atoms with Crippen molar-refractivity contribution in [3.63, 3.8) is 0 Å². The molecule has 124 valence electrons. The Morgan fingerprint density at radius 3 is 2.54 bits per heavy atom. The summed E-state index contributed by atoms with van der Waals surface area (Å²) in [4.78, 5) is 11.2. The molecule has 24 heavy (non-hydrogen) atoms. The van der Waals surface area contributed by atoms with E-state index in [0.717, 1.165) is 6.07 Å². The Labute approximate surface area is 139 Å². The molecule has 0 bridgehead atoms. The fourth-order valence-corrected chi connectivity index (χ4v) is 2.94. The van der Waals surface area contributed by atoms with Crippen molar-refractivity contribution in [2.45, 2.75) is 12.7 Å². The molecule has 0 amide bonds. The summed E-state index contributed by atoms with van der Waals surface area (Å²) in [7, 11) is 0. The van der Waals surface area contributed by atoms with Gasteiger partial charge in [-0.15, -0.1) is 0 Å². The van der Waals surface area contributed by atoms with Crippen LogP contribution in [0.4, 0.5) is 13.2 Å². The normalized spacial score (nSPS) is 11.8. The highest BCUT2D eigenvalue weighted by molar-refractivity contribution is 6.31. The van der Waals surface area contributed by atoms with E-state index >= 15 is 0 Å². The van der Waals surface area contributed by atoms with Crippen molar-refractivity contribution in [3.8, 4) is 0 Å². The van der Waals surface area contributed by atoms with Crippen LogP contribution in [0, 0.1) is 0 Å². The van der Waals surface area contributed by atoms with Crippen molar-refractivity contribution in [2.24, 2.45) is 0 Å². The zero-order chi connectivity index (χ0) is 17.5. The standard InChI is InChI=1S/C17H11ClF3NO2/c18-14-8-10(4-5-13(14)17(19,20)21)9-22-7-6-11-12(16(23)24)2-1-3-15(11)22/h1-8H,9H2,(H,23,24). The van der Waals surface area contributed by atoms with Crippen molar-refractivity contribution in [2.75, 3.05) is 0 Å². The van der Waals surface area contributed by atoms with Gasteiger partial charge in [0.25, 0.3) is 0 Å². The summed E-state index contributed by atoms with van der Waals surface area (Å²) in [5, 5.41) is 9.41. The van der Waals surface area contributed by atoms with Crippen LogP contribution in [-0.2, 0) is 12.7 Å². The first-order valence-electron chi connectivity index (χ1n) is 6.94. The lowest BCUT2D eigenvalue weighted by Crippen LogP contribution is -2.07. The number of rotatable bonds is 3. The van der Waals surface area contributed by atoms with Gasteiger partial charge in [-0.05, 0) is 35.9 Å². The van der Waals surface area contributed by atoms with Crippen LogP contribution in [0.5, 0.6) is 0 Å². The molecule has 1 N–H and O–H groups in total. The number of hydrogen-bond acceptors (Lipinski definition) is 1. The monoisotopic (exact) mass is 353 g/mol. The fourth-order valence-electron chi connectivity index (χ4n) is 2.63. The van der Waals surface area contributed by atoms with Gasteiger partial charge in [-0.1, -0.05) is 23.7 Å². The SMILES string of the molecule is O=C(O)c1cccc2c1ccn2Cc1ccc(C(F)(F)F)c(Cl)c1. The Morgan fingerprint density at radius 1 is 1.17 bits per heavy atom. The van der Waals surface area contributed by atoms with Crippen LogP contribution >= 0.6 is 11.6 Å². The van der Waals surface area contributed by atoms with Crippen molar-refractivity contribution >= 4 is 28.5 Å². The highest BCUT2D eigenvalue weighted by atomic mass is 35.5. The maximum absolute atomic E-state index is 12.7. The summed E-state index contributed by atoms with van der Waals surface area (Å²) >= 11 is 5.73. The number of halogens is 4. The van der Waals surface area contributed by atoms with E-state index in [0.29, 0.717) is 16.5 Å². The van der Waals surface area contributed by atoms with E-state index in [1.165, 1.54) is 18.2 Å². The molecule has 0 unspecified atom stereocenters. The Hall–Kier alpha value is -2.47. The summed E-state index contributed by atoms with van der Waals surface area (Å²) in [6, 6.07) is 10.1. The van der Waals surface area contributed by atoms with Crippen molar-refractivity contribution in [3.05, 3.63) is 70.4 Å². The zero-order valence-electron chi connectivity index (χ0n) is 12.1. The second kappa shape index (κ2) is 5.87. The average molecular weight is 354 g/mol. The van der Waals surface area contributed by atoms with Crippen molar-refractivity contribution < 1.29 is 23.1 Å². The van der Waals surface area contributed by atoms with Crippen molar-refractivity contribution in [1.82, 2.24) is 4.57 Å². The van der Waals surface area contributed by atoms with E-state index < -0.39 is 17.7 Å². The molecule has 0 spiro atoms. The minimum absolute atomic E-state index is 0.178. The Balaban J connectivity index is 1.98. The number of carbonyl (C=O) groups is 1. The largest absolute Gasteiger partial charge is 0.478 e. The number of aromatic nitrogens is 1. The molecule has 0 saturated heterocycles. The van der Waals surface area contributed by atoms with Gasteiger partial charge in [-0.3, -0.25) is 0 Å². The number of alkyl halides is 3. The van der Waals surface area contributed by atoms with Crippen LogP contribution in [0.15, 0.2) is 48.7 Å². The quantitative estimate of drug-likeness (QED) is 0.715. The molecule has 0 aliphatic rings. The molecule has 2 aromatic carbocycles. The molecule has 0 aliphatic carbocycles. The fraction of sp³-hybridized carbons (Fsp3) is 0.118. The third-order valence-corrected chi connectivity index (χ3v) is 4.05. The number of hydrogen-bond donors (Lipinski definition) is 1. The molecule has 0 radical (unpaired) electrons. The van der Waals surface area contributed by atoms with Crippen LogP contribution < -0.4 is 0 Å². The smallest absolute Gasteiger partial charge is 0.417 e. The molecule has 3 nitrogen and oxygen atoms in total. The summed E-state index contributed by atoms with van der Waals surface area (Å²) in [6.45, 7) is 0.282. The maximum Gasteiger partial charge on any atom is 0.417 e. The molecule has 0 fully saturated rings. The van der Waals surface area contributed by atoms with Gasteiger partial charge in [0.1, 0.15) is 0 Å². The second-order valence-corrected chi connectivity index (χ2v) is 5.71. The average Bonchev–Trinajstić information content (AvgIpc) is 2.89. The number of benzene rings is 2. The molecular formula is C17H11ClF3NO2. The van der Waals surface area contributed by atoms with Gasteiger partial charge in [0.05, 0.1) is 16.1 Å². The van der Waals surface area contributed by atoms with Crippen LogP contribution in [0.1, 0.15) is 21.5 Å². The van der Waals surface area contributed by atoms with E-state index in [2.05, 4.69) is 0 Å². The number of aromatic carboxylic acids is 1. The summed E-state index contributed by atoms with van der Waals surface area (Å²) < 4.78 is 40.0. The first-order chi connectivity index (χ1) is 11.3. The predicted molar refractivity (Wildman–Crippen MR) is 84.5 cm³/mol. The lowest BCUT2D eigenvalue weighted by molar-refractivity contribution is -0.137. The van der Waals surface area contributed by atoms with Gasteiger partial charge >= 0.3 is 12.1 Å². The molecule has 3 rings (SSSR count). The first kappa shape index (κ1) is 16.4. The molecule has 3 aromatic rings. The maximum atomic E-state index is 12.7. The molecule has 1 heterocycles. The Kier molecular flexibility index (Phi) is 4.01. The second-order valence-electron chi connectivity index (χ2n) is 5.30. The van der Waals surface area contributed by atoms with E-state index in [1.54, 1.807) is 29.0 Å². The zero-order valence-corrected chi connectivity index (χ0v) is 12.9. The molecule has 1 aromatic heterocycles. The van der Waals surface area contributed by atoms with Gasteiger partial charge < -0.3 is 9.67 Å². The summed E-state index contributed by atoms with van der Waals surface area (Å²) in [5.74, 6) is -1.03. The molecular weight excluding hydrogens is 343 g/mol. The minimum atomic E-state index is -4.49. The topological polar surface area (TPSA) is 42.2 Å². The van der Waals surface area contributed by atoms with Crippen LogP contribution in [0.3, 0.4) is 0 Å². The Morgan fingerprint density at radius 2 is 1.92 bits per heavy atom. The minimum Gasteiger partial charge on any atom is -0.478 e. The lowest BCUT2D eigenvalue weighted by Gasteiger charge is -2.11. The number of carboxylic acid groups (broad SMARTS) is 1. The number of nitrogens with zero attached hydrogens (tertiary/aromatic N) is 1. The third kappa shape index (κ3) is 2.97. The highest BCUT2D eigenvalue weighted by Gasteiger charge is 2.33. The lowest BCUT2D eigenvalue weighted by atomic mass is 10.1. The number of fused-ring (bicyclic) bond motifs is 1. The van der Waals surface area contributed by atoms with Gasteiger partial charge in [0.15, 0.2) is 0 Å². The third-order valence-electron chi connectivity index (χ3n) is 3.74. The van der Waals surface area contributed by atoms with E-state index in [-0.39, 0.29) is 17.1 Å². The number of carboxylic acids is 1. The van der Waals surface area contributed by atoms with Crippen molar-refractivity contribution in [1.29, 1.82) is 0 Å². The molecule has 0 saturated carbocycles. The highest BCUT2D eigenvalue weighted by Crippen LogP contribution is 2.35. The molecule has 0 aliphatic heterocycles. The van der Waals surface area contributed by atoms with Gasteiger partial charge in [-0.25, -0.2) is 4.79 Å². The molecule has 7 heteroatoms. The predicted octanol–water partition coefficient (Wildman–Crippen LogP) is 5.06. The van der Waals surface area contributed by atoms with Gasteiger partial charge in [0, 0.05) is 23.6 Å². The first-order valence-corrected chi connectivity index (χ1v) is 7.32. The van der Waals surface area contributed by atoms with E-state index in [4.69, 9.17) is 11.6 Å². The summed E-state index contributed by atoms with van der Waals surface area (Å²) in [6.07, 6.45) is -2.80.